The number of hydrogen-bond acceptors (Lipinski definition) is 5. The van der Waals surface area contributed by atoms with Gasteiger partial charge < -0.3 is 4.74 Å². The van der Waals surface area contributed by atoms with Crippen LogP contribution in [-0.2, 0) is 4.79 Å². The van der Waals surface area contributed by atoms with Crippen LogP contribution in [0.25, 0.3) is 0 Å². The zero-order valence-corrected chi connectivity index (χ0v) is 15.9. The van der Waals surface area contributed by atoms with E-state index in [2.05, 4.69) is 30.4 Å². The van der Waals surface area contributed by atoms with Crippen LogP contribution in [-0.4, -0.2) is 23.1 Å². The summed E-state index contributed by atoms with van der Waals surface area (Å²) in [6.07, 6.45) is 0. The molecule has 7 heteroatoms. The average Bonchev–Trinajstić information content (AvgIpc) is 2.64. The number of amides is 1. The summed E-state index contributed by atoms with van der Waals surface area (Å²) in [6, 6.07) is 11.8. The molecule has 0 atom stereocenters. The predicted octanol–water partition coefficient (Wildman–Crippen LogP) is 3.95. The Balaban J connectivity index is 1.96. The van der Waals surface area contributed by atoms with Gasteiger partial charge in [-0.05, 0) is 49.1 Å². The number of rotatable bonds is 7. The molecule has 0 radical (unpaired) electrons. The molecule has 0 aliphatic heterocycles. The summed E-state index contributed by atoms with van der Waals surface area (Å²) >= 11 is 0. The highest BCUT2D eigenvalue weighted by Gasteiger charge is 2.10. The lowest BCUT2D eigenvalue weighted by Gasteiger charge is -2.14. The summed E-state index contributed by atoms with van der Waals surface area (Å²) in [6.45, 7) is 7.70. The summed E-state index contributed by atoms with van der Waals surface area (Å²) in [7, 11) is 0. The smallest absolute Gasteiger partial charge is 0.277 e. The number of nitro groups is 1. The Labute approximate surface area is 158 Å². The van der Waals surface area contributed by atoms with Crippen LogP contribution in [0.5, 0.6) is 5.75 Å². The molecule has 2 aromatic rings. The lowest BCUT2D eigenvalue weighted by Crippen LogP contribution is -2.26. The van der Waals surface area contributed by atoms with Crippen LogP contribution in [0.4, 0.5) is 5.69 Å². The maximum absolute atomic E-state index is 12.0. The van der Waals surface area contributed by atoms with Crippen LogP contribution < -0.4 is 10.2 Å². The zero-order valence-electron chi connectivity index (χ0n) is 15.9. The molecule has 0 aliphatic rings. The van der Waals surface area contributed by atoms with Crippen molar-refractivity contribution in [1.29, 1.82) is 0 Å². The molecule has 0 saturated carbocycles. The van der Waals surface area contributed by atoms with Crippen molar-refractivity contribution in [3.8, 4) is 5.75 Å². The van der Waals surface area contributed by atoms with Gasteiger partial charge in [-0.25, -0.2) is 5.43 Å². The summed E-state index contributed by atoms with van der Waals surface area (Å²) < 4.78 is 5.64. The van der Waals surface area contributed by atoms with Crippen molar-refractivity contribution in [1.82, 2.24) is 5.43 Å². The normalized spacial score (nSPS) is 11.4. The first-order chi connectivity index (χ1) is 12.8. The zero-order chi connectivity index (χ0) is 20.0. The van der Waals surface area contributed by atoms with E-state index >= 15 is 0 Å². The number of ether oxygens (including phenoxy) is 1. The molecule has 0 aromatic heterocycles. The fourth-order valence-electron chi connectivity index (χ4n) is 2.46. The molecular formula is C20H23N3O4. The predicted molar refractivity (Wildman–Crippen MR) is 104 cm³/mol. The van der Waals surface area contributed by atoms with E-state index in [-0.39, 0.29) is 24.1 Å². The van der Waals surface area contributed by atoms with Crippen molar-refractivity contribution in [2.45, 2.75) is 33.6 Å². The highest BCUT2D eigenvalue weighted by atomic mass is 16.6. The number of hydrazone groups is 1. The molecule has 0 fully saturated rings. The highest BCUT2D eigenvalue weighted by molar-refractivity contribution is 5.99. The number of nitro benzene ring substituents is 1. The van der Waals surface area contributed by atoms with E-state index < -0.39 is 4.92 Å². The number of aryl methyl sites for hydroxylation is 1. The summed E-state index contributed by atoms with van der Waals surface area (Å²) in [4.78, 5) is 22.2. The van der Waals surface area contributed by atoms with Crippen molar-refractivity contribution in [2.75, 3.05) is 6.61 Å². The molecule has 7 nitrogen and oxygen atoms in total. The second-order valence-corrected chi connectivity index (χ2v) is 6.52. The van der Waals surface area contributed by atoms with Gasteiger partial charge in [0.1, 0.15) is 5.75 Å². The van der Waals surface area contributed by atoms with Gasteiger partial charge in [-0.1, -0.05) is 31.5 Å². The molecule has 0 aliphatic carbocycles. The molecule has 1 N–H and O–H groups in total. The second kappa shape index (κ2) is 8.93. The fourth-order valence-corrected chi connectivity index (χ4v) is 2.46. The van der Waals surface area contributed by atoms with Gasteiger partial charge in [0.05, 0.1) is 10.6 Å². The number of carbonyl (C=O) groups excluding carboxylic acids is 1. The number of hydrogen-bond donors (Lipinski definition) is 1. The van der Waals surface area contributed by atoms with Gasteiger partial charge in [0.2, 0.25) is 0 Å². The molecule has 27 heavy (non-hydrogen) atoms. The standard InChI is InChI=1S/C20H23N3O4/c1-13(2)18-11-14(3)5-10-19(18)27-12-20(24)22-21-15(4)16-6-8-17(9-7-16)23(25)26/h5-11,13H,12H2,1-4H3,(H,22,24). The topological polar surface area (TPSA) is 93.8 Å². The summed E-state index contributed by atoms with van der Waals surface area (Å²) in [5.74, 6) is 0.582. The van der Waals surface area contributed by atoms with Gasteiger partial charge >= 0.3 is 0 Å². The SMILES string of the molecule is CC(=NNC(=O)COc1ccc(C)cc1C(C)C)c1ccc([N+](=O)[O-])cc1. The van der Waals surface area contributed by atoms with Gasteiger partial charge in [0, 0.05) is 12.1 Å². The molecule has 2 rings (SSSR count). The monoisotopic (exact) mass is 369 g/mol. The maximum Gasteiger partial charge on any atom is 0.277 e. The first kappa shape index (κ1) is 20.1. The molecule has 2 aromatic carbocycles. The minimum atomic E-state index is -0.466. The van der Waals surface area contributed by atoms with Crippen molar-refractivity contribution in [3.63, 3.8) is 0 Å². The molecule has 0 unspecified atom stereocenters. The third-order valence-corrected chi connectivity index (χ3v) is 3.99. The third kappa shape index (κ3) is 5.64. The second-order valence-electron chi connectivity index (χ2n) is 6.52. The molecule has 0 bridgehead atoms. The van der Waals surface area contributed by atoms with Gasteiger partial charge in [0.25, 0.3) is 11.6 Å². The lowest BCUT2D eigenvalue weighted by molar-refractivity contribution is -0.384. The maximum atomic E-state index is 12.0. The lowest BCUT2D eigenvalue weighted by atomic mass is 10.00. The van der Waals surface area contributed by atoms with Crippen LogP contribution in [0.2, 0.25) is 0 Å². The van der Waals surface area contributed by atoms with Crippen LogP contribution in [0.3, 0.4) is 0 Å². The minimum absolute atomic E-state index is 0.00281. The molecule has 1 amide bonds. The van der Waals surface area contributed by atoms with Crippen molar-refractivity contribution in [2.24, 2.45) is 5.10 Å². The Bertz CT molecular complexity index is 858. The van der Waals surface area contributed by atoms with Crippen LogP contribution >= 0.6 is 0 Å². The molecule has 0 heterocycles. The number of nitrogens with zero attached hydrogens (tertiary/aromatic N) is 2. The van der Waals surface area contributed by atoms with E-state index in [1.54, 1.807) is 19.1 Å². The molecule has 142 valence electrons. The Kier molecular flexibility index (Phi) is 6.65. The molecule has 0 spiro atoms. The highest BCUT2D eigenvalue weighted by Crippen LogP contribution is 2.27. The van der Waals surface area contributed by atoms with Crippen LogP contribution in [0, 0.1) is 17.0 Å². The summed E-state index contributed by atoms with van der Waals surface area (Å²) in [5, 5.41) is 14.7. The van der Waals surface area contributed by atoms with Gasteiger partial charge in [0.15, 0.2) is 6.61 Å². The first-order valence-electron chi connectivity index (χ1n) is 8.59. The molecule has 0 saturated heterocycles. The van der Waals surface area contributed by atoms with Crippen LogP contribution in [0.1, 0.15) is 43.4 Å². The number of non-ortho nitro benzene ring substituents is 1. The van der Waals surface area contributed by atoms with Gasteiger partial charge in [-0.3, -0.25) is 14.9 Å². The quantitative estimate of drug-likeness (QED) is 0.454. The number of nitrogens with one attached hydrogen (secondary N) is 1. The number of carbonyl (C=O) groups is 1. The van der Waals surface area contributed by atoms with Gasteiger partial charge in [-0.2, -0.15) is 5.10 Å². The Morgan fingerprint density at radius 3 is 2.48 bits per heavy atom. The summed E-state index contributed by atoms with van der Waals surface area (Å²) in [5.41, 5.74) is 5.85. The first-order valence-corrected chi connectivity index (χ1v) is 8.59. The van der Waals surface area contributed by atoms with Crippen molar-refractivity contribution in [3.05, 3.63) is 69.3 Å². The van der Waals surface area contributed by atoms with E-state index in [9.17, 15) is 14.9 Å². The van der Waals surface area contributed by atoms with Gasteiger partial charge in [-0.15, -0.1) is 0 Å². The molecular weight excluding hydrogens is 346 g/mol. The average molecular weight is 369 g/mol. The van der Waals surface area contributed by atoms with Crippen molar-refractivity contribution >= 4 is 17.3 Å². The van der Waals surface area contributed by atoms with E-state index in [1.165, 1.54) is 12.1 Å². The number of benzene rings is 2. The largest absolute Gasteiger partial charge is 0.483 e. The minimum Gasteiger partial charge on any atom is -0.483 e. The Morgan fingerprint density at radius 2 is 1.89 bits per heavy atom. The van der Waals surface area contributed by atoms with Crippen LogP contribution in [0.15, 0.2) is 47.6 Å². The van der Waals surface area contributed by atoms with E-state index in [1.807, 2.05) is 19.1 Å². The Morgan fingerprint density at radius 1 is 1.22 bits per heavy atom. The Hall–Kier alpha value is -3.22. The van der Waals surface area contributed by atoms with E-state index in [4.69, 9.17) is 4.74 Å². The van der Waals surface area contributed by atoms with E-state index in [0.717, 1.165) is 11.1 Å². The third-order valence-electron chi connectivity index (χ3n) is 3.99. The van der Waals surface area contributed by atoms with Crippen molar-refractivity contribution < 1.29 is 14.5 Å². The van der Waals surface area contributed by atoms with E-state index in [0.29, 0.717) is 17.0 Å². The fraction of sp³-hybridized carbons (Fsp3) is 0.300.